The summed E-state index contributed by atoms with van der Waals surface area (Å²) in [4.78, 5) is 23.8. The van der Waals surface area contributed by atoms with Gasteiger partial charge >= 0.3 is 0 Å². The lowest BCUT2D eigenvalue weighted by Gasteiger charge is -2.13. The van der Waals surface area contributed by atoms with Crippen molar-refractivity contribution in [1.29, 1.82) is 0 Å². The van der Waals surface area contributed by atoms with Crippen LogP contribution in [0.3, 0.4) is 0 Å². The van der Waals surface area contributed by atoms with Gasteiger partial charge in [0.1, 0.15) is 12.4 Å². The minimum atomic E-state index is -0.467. The lowest BCUT2D eigenvalue weighted by atomic mass is 10.2. The van der Waals surface area contributed by atoms with Crippen LogP contribution in [0.25, 0.3) is 10.9 Å². The summed E-state index contributed by atoms with van der Waals surface area (Å²) in [6.07, 6.45) is 3.62. The number of carbonyl (C=O) groups is 1. The fraction of sp³-hybridized carbons (Fsp3) is 0.375. The number of pyridine rings is 1. The lowest BCUT2D eigenvalue weighted by molar-refractivity contribution is -0.122. The van der Waals surface area contributed by atoms with E-state index < -0.39 is 5.82 Å². The highest BCUT2D eigenvalue weighted by Crippen LogP contribution is 2.12. The van der Waals surface area contributed by atoms with E-state index in [1.165, 1.54) is 24.3 Å². The van der Waals surface area contributed by atoms with E-state index in [-0.39, 0.29) is 29.4 Å². The Morgan fingerprint density at radius 1 is 1.41 bits per heavy atom. The first kappa shape index (κ1) is 14.7. The van der Waals surface area contributed by atoms with E-state index in [1.807, 2.05) is 0 Å². The fourth-order valence-corrected chi connectivity index (χ4v) is 2.67. The largest absolute Gasteiger partial charge is 0.376 e. The third-order valence-corrected chi connectivity index (χ3v) is 3.80. The first-order valence-electron chi connectivity index (χ1n) is 7.30. The molecule has 0 saturated carbocycles. The minimum absolute atomic E-state index is 0.0785. The molecule has 1 unspecified atom stereocenters. The molecule has 2 aromatic rings. The van der Waals surface area contributed by atoms with Crippen LogP contribution in [0.2, 0.25) is 0 Å². The van der Waals surface area contributed by atoms with Crippen molar-refractivity contribution >= 4 is 16.8 Å². The molecule has 3 rings (SSSR count). The normalized spacial score (nSPS) is 17.8. The summed E-state index contributed by atoms with van der Waals surface area (Å²) in [7, 11) is 0. The van der Waals surface area contributed by atoms with E-state index in [1.54, 1.807) is 10.8 Å². The van der Waals surface area contributed by atoms with E-state index in [0.717, 1.165) is 19.4 Å². The van der Waals surface area contributed by atoms with E-state index in [4.69, 9.17) is 4.74 Å². The van der Waals surface area contributed by atoms with Gasteiger partial charge in [0.25, 0.3) is 0 Å². The van der Waals surface area contributed by atoms with Gasteiger partial charge in [0, 0.05) is 30.8 Å². The van der Waals surface area contributed by atoms with Crippen LogP contribution in [0, 0.1) is 5.82 Å². The number of fused-ring (bicyclic) bond motifs is 1. The van der Waals surface area contributed by atoms with Gasteiger partial charge in [-0.2, -0.15) is 0 Å². The highest BCUT2D eigenvalue weighted by atomic mass is 19.1. The van der Waals surface area contributed by atoms with Crippen LogP contribution in [0.1, 0.15) is 12.8 Å². The molecule has 0 aliphatic carbocycles. The third kappa shape index (κ3) is 3.17. The van der Waals surface area contributed by atoms with Crippen molar-refractivity contribution < 1.29 is 13.9 Å². The van der Waals surface area contributed by atoms with Crippen LogP contribution >= 0.6 is 0 Å². The Balaban J connectivity index is 1.74. The SMILES string of the molecule is O=C(Cn1ccc(=O)c2cc(F)ccc21)NCC1CCCO1. The standard InChI is InChI=1S/C16H17FN2O3/c17-11-3-4-14-13(8-11)15(20)5-6-19(14)10-16(21)18-9-12-2-1-7-22-12/h3-6,8,12H,1-2,7,9-10H2,(H,18,21). The predicted octanol–water partition coefficient (Wildman–Crippen LogP) is 1.44. The van der Waals surface area contributed by atoms with Gasteiger partial charge in [-0.15, -0.1) is 0 Å². The van der Waals surface area contributed by atoms with E-state index in [2.05, 4.69) is 5.32 Å². The van der Waals surface area contributed by atoms with E-state index >= 15 is 0 Å². The van der Waals surface area contributed by atoms with Crippen molar-refractivity contribution in [2.45, 2.75) is 25.5 Å². The second-order valence-corrected chi connectivity index (χ2v) is 5.41. The number of halogens is 1. The van der Waals surface area contributed by atoms with Gasteiger partial charge in [-0.1, -0.05) is 0 Å². The molecule has 0 spiro atoms. The Kier molecular flexibility index (Phi) is 4.20. The lowest BCUT2D eigenvalue weighted by Crippen LogP contribution is -2.34. The maximum atomic E-state index is 13.3. The van der Waals surface area contributed by atoms with Crippen molar-refractivity contribution in [3.8, 4) is 0 Å². The van der Waals surface area contributed by atoms with Gasteiger partial charge in [0.2, 0.25) is 5.91 Å². The van der Waals surface area contributed by atoms with Gasteiger partial charge in [0.05, 0.1) is 11.6 Å². The highest BCUT2D eigenvalue weighted by Gasteiger charge is 2.16. The summed E-state index contributed by atoms with van der Waals surface area (Å²) in [5.41, 5.74) is 0.284. The number of carbonyl (C=O) groups excluding carboxylic acids is 1. The molecule has 1 fully saturated rings. The Bertz CT molecular complexity index is 751. The van der Waals surface area contributed by atoms with Crippen LogP contribution in [0.4, 0.5) is 4.39 Å². The van der Waals surface area contributed by atoms with Crippen molar-refractivity contribution in [2.75, 3.05) is 13.2 Å². The summed E-state index contributed by atoms with van der Waals surface area (Å²) in [5, 5.41) is 3.10. The van der Waals surface area contributed by atoms with E-state index in [0.29, 0.717) is 12.1 Å². The van der Waals surface area contributed by atoms with Gasteiger partial charge in [-0.25, -0.2) is 4.39 Å². The zero-order valence-corrected chi connectivity index (χ0v) is 12.0. The Labute approximate surface area is 126 Å². The minimum Gasteiger partial charge on any atom is -0.376 e. The Hall–Kier alpha value is -2.21. The summed E-state index contributed by atoms with van der Waals surface area (Å²) in [6.45, 7) is 1.32. The topological polar surface area (TPSA) is 60.3 Å². The molecule has 1 aromatic carbocycles. The molecule has 6 heteroatoms. The van der Waals surface area contributed by atoms with Crippen molar-refractivity contribution in [3.05, 3.63) is 46.5 Å². The molecule has 1 amide bonds. The summed E-state index contributed by atoms with van der Waals surface area (Å²) < 4.78 is 20.4. The van der Waals surface area contributed by atoms with Crippen molar-refractivity contribution in [2.24, 2.45) is 0 Å². The average molecular weight is 304 g/mol. The molecule has 1 saturated heterocycles. The average Bonchev–Trinajstić information content (AvgIpc) is 3.02. The molecule has 116 valence electrons. The molecule has 1 atom stereocenters. The summed E-state index contributed by atoms with van der Waals surface area (Å²) in [5.74, 6) is -0.630. The number of rotatable bonds is 4. The van der Waals surface area contributed by atoms with Gasteiger partial charge in [-0.05, 0) is 31.0 Å². The predicted molar refractivity (Wildman–Crippen MR) is 80.1 cm³/mol. The number of nitrogens with one attached hydrogen (secondary N) is 1. The molecule has 0 radical (unpaired) electrons. The molecular weight excluding hydrogens is 287 g/mol. The second kappa shape index (κ2) is 6.27. The van der Waals surface area contributed by atoms with Crippen LogP contribution in [0.15, 0.2) is 35.3 Å². The number of ether oxygens (including phenoxy) is 1. The zero-order chi connectivity index (χ0) is 15.5. The second-order valence-electron chi connectivity index (χ2n) is 5.41. The Morgan fingerprint density at radius 3 is 3.05 bits per heavy atom. The monoisotopic (exact) mass is 304 g/mol. The number of amides is 1. The molecule has 22 heavy (non-hydrogen) atoms. The molecule has 1 aromatic heterocycles. The van der Waals surface area contributed by atoms with Crippen molar-refractivity contribution in [1.82, 2.24) is 9.88 Å². The van der Waals surface area contributed by atoms with Crippen molar-refractivity contribution in [3.63, 3.8) is 0 Å². The molecule has 0 bridgehead atoms. The summed E-state index contributed by atoms with van der Waals surface area (Å²) >= 11 is 0. The fourth-order valence-electron chi connectivity index (χ4n) is 2.67. The van der Waals surface area contributed by atoms with Gasteiger partial charge < -0.3 is 14.6 Å². The van der Waals surface area contributed by atoms with Crippen LogP contribution in [-0.2, 0) is 16.1 Å². The molecule has 1 N–H and O–H groups in total. The van der Waals surface area contributed by atoms with Crippen LogP contribution < -0.4 is 10.7 Å². The highest BCUT2D eigenvalue weighted by molar-refractivity contribution is 5.82. The molecular formula is C16H17FN2O3. The maximum absolute atomic E-state index is 13.3. The molecule has 1 aliphatic heterocycles. The summed E-state index contributed by atoms with van der Waals surface area (Å²) in [6, 6.07) is 5.33. The zero-order valence-electron chi connectivity index (χ0n) is 12.0. The first-order valence-corrected chi connectivity index (χ1v) is 7.30. The van der Waals surface area contributed by atoms with E-state index in [9.17, 15) is 14.0 Å². The number of hydrogen-bond acceptors (Lipinski definition) is 3. The van der Waals surface area contributed by atoms with Gasteiger partial charge in [0.15, 0.2) is 5.43 Å². The van der Waals surface area contributed by atoms with Crippen LogP contribution in [-0.4, -0.2) is 29.7 Å². The number of hydrogen-bond donors (Lipinski definition) is 1. The molecule has 2 heterocycles. The quantitative estimate of drug-likeness (QED) is 0.929. The number of aromatic nitrogens is 1. The maximum Gasteiger partial charge on any atom is 0.240 e. The number of benzene rings is 1. The molecule has 1 aliphatic rings. The number of nitrogens with zero attached hydrogens (tertiary/aromatic N) is 1. The van der Waals surface area contributed by atoms with Gasteiger partial charge in [-0.3, -0.25) is 9.59 Å². The smallest absolute Gasteiger partial charge is 0.240 e. The Morgan fingerprint density at radius 2 is 2.27 bits per heavy atom. The van der Waals surface area contributed by atoms with Crippen LogP contribution in [0.5, 0.6) is 0 Å². The molecule has 5 nitrogen and oxygen atoms in total. The first-order chi connectivity index (χ1) is 10.6. The third-order valence-electron chi connectivity index (χ3n) is 3.80.